The largest absolute Gasteiger partial charge is 0.494 e. The first-order chi connectivity index (χ1) is 9.13. The number of halogens is 2. The van der Waals surface area contributed by atoms with E-state index in [0.717, 1.165) is 0 Å². The van der Waals surface area contributed by atoms with E-state index in [1.54, 1.807) is 24.3 Å². The average Bonchev–Trinajstić information content (AvgIpc) is 2.41. The van der Waals surface area contributed by atoms with Gasteiger partial charge < -0.3 is 9.84 Å². The summed E-state index contributed by atoms with van der Waals surface area (Å²) in [6.07, 6.45) is -1.11. The second-order valence-electron chi connectivity index (χ2n) is 4.17. The van der Waals surface area contributed by atoms with Gasteiger partial charge in [0.2, 0.25) is 0 Å². The van der Waals surface area contributed by atoms with E-state index in [-0.39, 0.29) is 17.7 Å². The van der Waals surface area contributed by atoms with E-state index in [4.69, 9.17) is 4.74 Å². The lowest BCUT2D eigenvalue weighted by atomic mass is 10.0. The fourth-order valence-electron chi connectivity index (χ4n) is 1.92. The van der Waals surface area contributed by atoms with Gasteiger partial charge in [-0.15, -0.1) is 0 Å². The van der Waals surface area contributed by atoms with Crippen LogP contribution in [0.1, 0.15) is 17.2 Å². The fourth-order valence-corrected chi connectivity index (χ4v) is 1.92. The molecule has 2 nitrogen and oxygen atoms in total. The lowest BCUT2D eigenvalue weighted by Crippen LogP contribution is -2.06. The van der Waals surface area contributed by atoms with Crippen LogP contribution >= 0.6 is 0 Å². The molecule has 2 aromatic carbocycles. The molecular weight excluding hydrogens is 250 g/mol. The topological polar surface area (TPSA) is 29.5 Å². The van der Waals surface area contributed by atoms with Crippen LogP contribution in [0, 0.1) is 11.6 Å². The second-order valence-corrected chi connectivity index (χ2v) is 4.17. The van der Waals surface area contributed by atoms with Crippen molar-refractivity contribution in [3.05, 3.63) is 65.2 Å². The van der Waals surface area contributed by atoms with Crippen molar-refractivity contribution in [3.8, 4) is 5.75 Å². The maximum absolute atomic E-state index is 13.9. The molecule has 1 unspecified atom stereocenters. The average molecular weight is 264 g/mol. The van der Waals surface area contributed by atoms with E-state index in [0.29, 0.717) is 5.56 Å². The van der Waals surface area contributed by atoms with Crippen LogP contribution in [0.25, 0.3) is 0 Å². The summed E-state index contributed by atoms with van der Waals surface area (Å²) in [5, 5.41) is 10.0. The van der Waals surface area contributed by atoms with Crippen molar-refractivity contribution in [2.45, 2.75) is 12.5 Å². The first kappa shape index (κ1) is 13.5. The maximum atomic E-state index is 13.9. The lowest BCUT2D eigenvalue weighted by molar-refractivity contribution is 0.171. The number of methoxy groups -OCH3 is 1. The summed E-state index contributed by atoms with van der Waals surface area (Å²) < 4.78 is 32.3. The first-order valence-electron chi connectivity index (χ1n) is 5.87. The molecule has 0 saturated carbocycles. The highest BCUT2D eigenvalue weighted by Gasteiger charge is 2.17. The normalized spacial score (nSPS) is 12.2. The van der Waals surface area contributed by atoms with Gasteiger partial charge in [0.05, 0.1) is 13.2 Å². The van der Waals surface area contributed by atoms with Crippen LogP contribution in [-0.4, -0.2) is 12.2 Å². The second kappa shape index (κ2) is 5.80. The minimum atomic E-state index is -1.12. The Morgan fingerprint density at radius 1 is 1.11 bits per heavy atom. The van der Waals surface area contributed by atoms with Gasteiger partial charge in [0.25, 0.3) is 0 Å². The third-order valence-electron chi connectivity index (χ3n) is 2.94. The van der Waals surface area contributed by atoms with E-state index >= 15 is 0 Å². The molecule has 1 atom stereocenters. The van der Waals surface area contributed by atoms with Gasteiger partial charge in [-0.05, 0) is 17.7 Å². The Balaban J connectivity index is 2.26. The van der Waals surface area contributed by atoms with Crippen molar-refractivity contribution >= 4 is 0 Å². The van der Waals surface area contributed by atoms with E-state index in [1.807, 2.05) is 0 Å². The van der Waals surface area contributed by atoms with Crippen molar-refractivity contribution in [3.63, 3.8) is 0 Å². The summed E-state index contributed by atoms with van der Waals surface area (Å²) in [5.41, 5.74) is 0.444. The summed E-state index contributed by atoms with van der Waals surface area (Å²) >= 11 is 0. The number of hydrogen-bond donors (Lipinski definition) is 1. The Morgan fingerprint density at radius 3 is 2.53 bits per heavy atom. The predicted octanol–water partition coefficient (Wildman–Crippen LogP) is 3.25. The van der Waals surface area contributed by atoms with Crippen molar-refractivity contribution in [2.75, 3.05) is 7.11 Å². The molecule has 1 N–H and O–H groups in total. The Labute approximate surface area is 110 Å². The van der Waals surface area contributed by atoms with Crippen LogP contribution in [0.15, 0.2) is 42.5 Å². The van der Waals surface area contributed by atoms with Crippen LogP contribution < -0.4 is 4.74 Å². The fraction of sp³-hybridized carbons (Fsp3) is 0.200. The third-order valence-corrected chi connectivity index (χ3v) is 2.94. The van der Waals surface area contributed by atoms with Gasteiger partial charge in [-0.2, -0.15) is 0 Å². The Hall–Kier alpha value is -1.94. The molecule has 0 radical (unpaired) electrons. The number of benzene rings is 2. The molecule has 0 aliphatic heterocycles. The molecule has 0 amide bonds. The van der Waals surface area contributed by atoms with Crippen molar-refractivity contribution < 1.29 is 18.6 Å². The van der Waals surface area contributed by atoms with Gasteiger partial charge in [-0.25, -0.2) is 8.78 Å². The molecule has 0 aliphatic rings. The first-order valence-corrected chi connectivity index (χ1v) is 5.87. The highest BCUT2D eigenvalue weighted by molar-refractivity contribution is 5.33. The summed E-state index contributed by atoms with van der Waals surface area (Å²) in [5.74, 6) is -0.969. The van der Waals surface area contributed by atoms with Crippen LogP contribution in [-0.2, 0) is 6.42 Å². The number of hydrogen-bond acceptors (Lipinski definition) is 2. The SMILES string of the molecule is COc1cccc(C(O)Cc2ccccc2F)c1F. The molecule has 0 aliphatic carbocycles. The molecular formula is C15H14F2O2. The van der Waals surface area contributed by atoms with E-state index in [2.05, 4.69) is 0 Å². The smallest absolute Gasteiger partial charge is 0.170 e. The van der Waals surface area contributed by atoms with Gasteiger partial charge in [-0.3, -0.25) is 0 Å². The Morgan fingerprint density at radius 2 is 1.84 bits per heavy atom. The third kappa shape index (κ3) is 2.90. The van der Waals surface area contributed by atoms with Crippen LogP contribution in [0.3, 0.4) is 0 Å². The summed E-state index contributed by atoms with van der Waals surface area (Å²) in [7, 11) is 1.35. The van der Waals surface area contributed by atoms with Crippen molar-refractivity contribution in [2.24, 2.45) is 0 Å². The monoisotopic (exact) mass is 264 g/mol. The van der Waals surface area contributed by atoms with E-state index in [9.17, 15) is 13.9 Å². The standard InChI is InChI=1S/C15H14F2O2/c1-19-14-8-4-6-11(15(14)17)13(18)9-10-5-2-3-7-12(10)16/h2-8,13,18H,9H2,1H3. The zero-order valence-corrected chi connectivity index (χ0v) is 10.4. The van der Waals surface area contributed by atoms with Gasteiger partial charge >= 0.3 is 0 Å². The zero-order valence-electron chi connectivity index (χ0n) is 10.4. The van der Waals surface area contributed by atoms with Crippen LogP contribution in [0.2, 0.25) is 0 Å². The molecule has 0 fully saturated rings. The molecule has 0 heterocycles. The molecule has 2 rings (SSSR count). The molecule has 0 spiro atoms. The number of aliphatic hydroxyl groups is 1. The maximum Gasteiger partial charge on any atom is 0.170 e. The van der Waals surface area contributed by atoms with Gasteiger partial charge in [0, 0.05) is 12.0 Å². The summed E-state index contributed by atoms with van der Waals surface area (Å²) in [6, 6.07) is 10.6. The summed E-state index contributed by atoms with van der Waals surface area (Å²) in [6.45, 7) is 0. The Bertz CT molecular complexity index is 570. The minimum Gasteiger partial charge on any atom is -0.494 e. The molecule has 19 heavy (non-hydrogen) atoms. The van der Waals surface area contributed by atoms with E-state index < -0.39 is 17.7 Å². The lowest BCUT2D eigenvalue weighted by Gasteiger charge is -2.14. The van der Waals surface area contributed by atoms with Crippen molar-refractivity contribution in [1.82, 2.24) is 0 Å². The minimum absolute atomic E-state index is 0.0107. The van der Waals surface area contributed by atoms with Gasteiger partial charge in [-0.1, -0.05) is 30.3 Å². The molecule has 0 aromatic heterocycles. The van der Waals surface area contributed by atoms with Crippen molar-refractivity contribution in [1.29, 1.82) is 0 Å². The van der Waals surface area contributed by atoms with Gasteiger partial charge in [0.15, 0.2) is 11.6 Å². The predicted molar refractivity (Wildman–Crippen MR) is 68.0 cm³/mol. The number of rotatable bonds is 4. The van der Waals surface area contributed by atoms with E-state index in [1.165, 1.54) is 25.3 Å². The quantitative estimate of drug-likeness (QED) is 0.918. The summed E-state index contributed by atoms with van der Waals surface area (Å²) in [4.78, 5) is 0. The molecule has 100 valence electrons. The Kier molecular flexibility index (Phi) is 4.12. The van der Waals surface area contributed by atoms with Crippen LogP contribution in [0.5, 0.6) is 5.75 Å². The number of ether oxygens (including phenoxy) is 1. The molecule has 0 bridgehead atoms. The highest BCUT2D eigenvalue weighted by atomic mass is 19.1. The van der Waals surface area contributed by atoms with Crippen LogP contribution in [0.4, 0.5) is 8.78 Å². The molecule has 0 saturated heterocycles. The molecule has 2 aromatic rings. The number of aliphatic hydroxyl groups excluding tert-OH is 1. The van der Waals surface area contributed by atoms with Gasteiger partial charge in [0.1, 0.15) is 5.82 Å². The zero-order chi connectivity index (χ0) is 13.8. The highest BCUT2D eigenvalue weighted by Crippen LogP contribution is 2.27. The molecule has 4 heteroatoms.